The minimum atomic E-state index is 0.462. The highest BCUT2D eigenvalue weighted by molar-refractivity contribution is 5.77. The second kappa shape index (κ2) is 4.86. The Kier molecular flexibility index (Phi) is 4.00. The number of hydrogen-bond donors (Lipinski definition) is 2. The summed E-state index contributed by atoms with van der Waals surface area (Å²) in [7, 11) is 0. The first-order chi connectivity index (χ1) is 6.96. The Hall–Kier alpha value is -0.730. The zero-order valence-corrected chi connectivity index (χ0v) is 10.5. The number of hydrogen-bond acceptors (Lipinski definition) is 1. The Morgan fingerprint density at radius 1 is 1.33 bits per heavy atom. The third kappa shape index (κ3) is 3.73. The Bertz CT molecular complexity index is 227. The Morgan fingerprint density at radius 2 is 1.93 bits per heavy atom. The normalized spacial score (nSPS) is 19.7. The SMILES string of the molecule is CC(C)CNC(N)=NCC1(C(C)C)CC1. The molecule has 1 fully saturated rings. The highest BCUT2D eigenvalue weighted by atomic mass is 15.1. The highest BCUT2D eigenvalue weighted by Gasteiger charge is 2.44. The van der Waals surface area contributed by atoms with Crippen molar-refractivity contribution in [2.24, 2.45) is 28.0 Å². The zero-order chi connectivity index (χ0) is 11.5. The van der Waals surface area contributed by atoms with Gasteiger partial charge in [-0.05, 0) is 30.1 Å². The first-order valence-corrected chi connectivity index (χ1v) is 6.00. The number of nitrogens with zero attached hydrogens (tertiary/aromatic N) is 1. The summed E-state index contributed by atoms with van der Waals surface area (Å²) in [6.07, 6.45) is 2.62. The van der Waals surface area contributed by atoms with Gasteiger partial charge < -0.3 is 11.1 Å². The van der Waals surface area contributed by atoms with Gasteiger partial charge in [-0.3, -0.25) is 4.99 Å². The van der Waals surface area contributed by atoms with Crippen molar-refractivity contribution in [2.75, 3.05) is 13.1 Å². The van der Waals surface area contributed by atoms with E-state index in [0.29, 0.717) is 17.3 Å². The summed E-state index contributed by atoms with van der Waals surface area (Å²) in [4.78, 5) is 4.43. The van der Waals surface area contributed by atoms with E-state index in [2.05, 4.69) is 38.0 Å². The van der Waals surface area contributed by atoms with Crippen LogP contribution in [-0.4, -0.2) is 19.0 Å². The van der Waals surface area contributed by atoms with Gasteiger partial charge in [-0.15, -0.1) is 0 Å². The van der Waals surface area contributed by atoms with Gasteiger partial charge in [0.1, 0.15) is 0 Å². The third-order valence-electron chi connectivity index (χ3n) is 3.37. The predicted octanol–water partition coefficient (Wildman–Crippen LogP) is 1.98. The van der Waals surface area contributed by atoms with Crippen LogP contribution in [0.3, 0.4) is 0 Å². The molecule has 15 heavy (non-hydrogen) atoms. The van der Waals surface area contributed by atoms with Crippen LogP contribution in [0.1, 0.15) is 40.5 Å². The summed E-state index contributed by atoms with van der Waals surface area (Å²) in [5, 5.41) is 3.15. The van der Waals surface area contributed by atoms with E-state index in [1.54, 1.807) is 0 Å². The predicted molar refractivity (Wildman–Crippen MR) is 65.8 cm³/mol. The van der Waals surface area contributed by atoms with Crippen molar-refractivity contribution in [2.45, 2.75) is 40.5 Å². The minimum Gasteiger partial charge on any atom is -0.370 e. The average Bonchev–Trinajstić information content (AvgIpc) is 2.92. The van der Waals surface area contributed by atoms with Crippen LogP contribution >= 0.6 is 0 Å². The number of nitrogens with two attached hydrogens (primary N) is 1. The quantitative estimate of drug-likeness (QED) is 0.539. The lowest BCUT2D eigenvalue weighted by Crippen LogP contribution is -2.35. The second-order valence-electron chi connectivity index (χ2n) is 5.49. The molecule has 1 saturated carbocycles. The first-order valence-electron chi connectivity index (χ1n) is 6.00. The van der Waals surface area contributed by atoms with Crippen LogP contribution in [0.4, 0.5) is 0 Å². The zero-order valence-electron chi connectivity index (χ0n) is 10.5. The molecular formula is C12H25N3. The lowest BCUT2D eigenvalue weighted by atomic mass is 9.93. The van der Waals surface area contributed by atoms with Gasteiger partial charge in [0, 0.05) is 13.1 Å². The van der Waals surface area contributed by atoms with E-state index in [1.807, 2.05) is 0 Å². The van der Waals surface area contributed by atoms with E-state index in [0.717, 1.165) is 19.0 Å². The minimum absolute atomic E-state index is 0.462. The van der Waals surface area contributed by atoms with Gasteiger partial charge in [-0.1, -0.05) is 27.7 Å². The molecule has 0 aromatic heterocycles. The van der Waals surface area contributed by atoms with Crippen LogP contribution in [0.25, 0.3) is 0 Å². The van der Waals surface area contributed by atoms with Crippen molar-refractivity contribution in [3.05, 3.63) is 0 Å². The summed E-state index contributed by atoms with van der Waals surface area (Å²) in [6.45, 7) is 10.7. The fourth-order valence-corrected chi connectivity index (χ4v) is 1.69. The molecular weight excluding hydrogens is 186 g/mol. The van der Waals surface area contributed by atoms with Gasteiger partial charge in [0.2, 0.25) is 0 Å². The van der Waals surface area contributed by atoms with Crippen molar-refractivity contribution in [1.29, 1.82) is 0 Å². The largest absolute Gasteiger partial charge is 0.370 e. The summed E-state index contributed by atoms with van der Waals surface area (Å²) in [5.74, 6) is 1.94. The van der Waals surface area contributed by atoms with Crippen molar-refractivity contribution in [3.63, 3.8) is 0 Å². The first kappa shape index (κ1) is 12.3. The number of guanidine groups is 1. The van der Waals surface area contributed by atoms with E-state index in [-0.39, 0.29) is 0 Å². The van der Waals surface area contributed by atoms with Gasteiger partial charge in [0.15, 0.2) is 5.96 Å². The lowest BCUT2D eigenvalue weighted by Gasteiger charge is -2.17. The highest BCUT2D eigenvalue weighted by Crippen LogP contribution is 2.51. The maximum Gasteiger partial charge on any atom is 0.188 e. The van der Waals surface area contributed by atoms with Gasteiger partial charge in [-0.2, -0.15) is 0 Å². The topological polar surface area (TPSA) is 50.4 Å². The molecule has 0 aromatic carbocycles. The van der Waals surface area contributed by atoms with Gasteiger partial charge in [0.25, 0.3) is 0 Å². The van der Waals surface area contributed by atoms with E-state index in [9.17, 15) is 0 Å². The molecule has 88 valence electrons. The molecule has 0 spiro atoms. The lowest BCUT2D eigenvalue weighted by molar-refractivity contribution is 0.370. The monoisotopic (exact) mass is 211 g/mol. The second-order valence-corrected chi connectivity index (χ2v) is 5.49. The Morgan fingerprint density at radius 3 is 2.33 bits per heavy atom. The Labute approximate surface area is 93.5 Å². The molecule has 0 atom stereocenters. The number of rotatable bonds is 5. The van der Waals surface area contributed by atoms with Crippen molar-refractivity contribution in [1.82, 2.24) is 5.32 Å². The summed E-state index contributed by atoms with van der Waals surface area (Å²) >= 11 is 0. The molecule has 1 rings (SSSR count). The van der Waals surface area contributed by atoms with E-state index in [1.165, 1.54) is 12.8 Å². The van der Waals surface area contributed by atoms with Gasteiger partial charge >= 0.3 is 0 Å². The van der Waals surface area contributed by atoms with Crippen LogP contribution < -0.4 is 11.1 Å². The number of nitrogens with one attached hydrogen (secondary N) is 1. The van der Waals surface area contributed by atoms with Crippen molar-refractivity contribution < 1.29 is 0 Å². The molecule has 0 aromatic rings. The number of aliphatic imine (C=N–C) groups is 1. The van der Waals surface area contributed by atoms with Crippen LogP contribution in [0.5, 0.6) is 0 Å². The summed E-state index contributed by atoms with van der Waals surface area (Å²) in [6, 6.07) is 0. The molecule has 3 nitrogen and oxygen atoms in total. The molecule has 3 heteroatoms. The standard InChI is InChI=1S/C12H25N3/c1-9(2)7-14-11(13)15-8-12(5-6-12)10(3)4/h9-10H,5-8H2,1-4H3,(H3,13,14,15). The molecule has 3 N–H and O–H groups in total. The van der Waals surface area contributed by atoms with E-state index < -0.39 is 0 Å². The molecule has 0 amide bonds. The Balaban J connectivity index is 2.31. The summed E-state index contributed by atoms with van der Waals surface area (Å²) < 4.78 is 0. The summed E-state index contributed by atoms with van der Waals surface area (Å²) in [5.41, 5.74) is 6.26. The molecule has 0 saturated heterocycles. The third-order valence-corrected chi connectivity index (χ3v) is 3.37. The fraction of sp³-hybridized carbons (Fsp3) is 0.917. The van der Waals surface area contributed by atoms with Crippen LogP contribution in [0.2, 0.25) is 0 Å². The molecule has 0 bridgehead atoms. The van der Waals surface area contributed by atoms with E-state index in [4.69, 9.17) is 5.73 Å². The molecule has 0 heterocycles. The smallest absolute Gasteiger partial charge is 0.188 e. The molecule has 1 aliphatic carbocycles. The van der Waals surface area contributed by atoms with Gasteiger partial charge in [-0.25, -0.2) is 0 Å². The average molecular weight is 211 g/mol. The maximum atomic E-state index is 5.80. The molecule has 0 radical (unpaired) electrons. The fourth-order valence-electron chi connectivity index (χ4n) is 1.69. The van der Waals surface area contributed by atoms with Crippen LogP contribution in [0, 0.1) is 17.3 Å². The maximum absolute atomic E-state index is 5.80. The van der Waals surface area contributed by atoms with Crippen LogP contribution in [0.15, 0.2) is 4.99 Å². The van der Waals surface area contributed by atoms with E-state index >= 15 is 0 Å². The molecule has 0 unspecified atom stereocenters. The van der Waals surface area contributed by atoms with Crippen LogP contribution in [-0.2, 0) is 0 Å². The van der Waals surface area contributed by atoms with Gasteiger partial charge in [0.05, 0.1) is 0 Å². The molecule has 0 aliphatic heterocycles. The van der Waals surface area contributed by atoms with Crippen molar-refractivity contribution >= 4 is 5.96 Å². The van der Waals surface area contributed by atoms with Crippen molar-refractivity contribution in [3.8, 4) is 0 Å². The molecule has 1 aliphatic rings.